The molecule has 0 aliphatic carbocycles. The number of aliphatic hydroxyl groups excluding tert-OH is 1. The number of rotatable bonds is 9. The van der Waals surface area contributed by atoms with Gasteiger partial charge in [-0.2, -0.15) is 0 Å². The third kappa shape index (κ3) is 5.01. The summed E-state index contributed by atoms with van der Waals surface area (Å²) >= 11 is 0. The fraction of sp³-hybridized carbons (Fsp3) is 0.250. The van der Waals surface area contributed by atoms with E-state index in [2.05, 4.69) is 11.9 Å². The minimum Gasteiger partial charge on any atom is -0.507 e. The second-order valence-corrected chi connectivity index (χ2v) is 8.28. The molecule has 34 heavy (non-hydrogen) atoms. The van der Waals surface area contributed by atoms with Gasteiger partial charge in [0.2, 0.25) is 0 Å². The Bertz CT molecular complexity index is 1180. The van der Waals surface area contributed by atoms with E-state index in [-0.39, 0.29) is 17.9 Å². The molecule has 1 fully saturated rings. The van der Waals surface area contributed by atoms with Crippen LogP contribution in [0.25, 0.3) is 5.76 Å². The Kier molecular flexibility index (Phi) is 7.38. The minimum absolute atomic E-state index is 0.0772. The topological polar surface area (TPSA) is 79.7 Å². The maximum atomic E-state index is 13.2. The van der Waals surface area contributed by atoms with Crippen molar-refractivity contribution in [2.45, 2.75) is 38.8 Å². The van der Waals surface area contributed by atoms with Crippen molar-refractivity contribution < 1.29 is 19.4 Å². The van der Waals surface area contributed by atoms with Crippen LogP contribution in [0.4, 0.5) is 0 Å². The number of benzene rings is 2. The minimum atomic E-state index is -0.743. The molecule has 1 aromatic heterocycles. The average Bonchev–Trinajstić information content (AvgIpc) is 3.12. The SMILES string of the molecule is CCCCCOc1cccc(C2/C(=C(\O)c3ccccc3)C(=O)C(=O)N2Cc2ccncc2)c1. The predicted octanol–water partition coefficient (Wildman–Crippen LogP) is 5.27. The molecule has 0 bridgehead atoms. The molecule has 0 saturated carbocycles. The largest absolute Gasteiger partial charge is 0.507 e. The van der Waals surface area contributed by atoms with Crippen LogP contribution in [-0.4, -0.2) is 33.3 Å². The summed E-state index contributed by atoms with van der Waals surface area (Å²) in [6.45, 7) is 2.95. The van der Waals surface area contributed by atoms with Gasteiger partial charge in [0.1, 0.15) is 11.5 Å². The van der Waals surface area contributed by atoms with Crippen molar-refractivity contribution in [3.05, 3.63) is 101 Å². The summed E-state index contributed by atoms with van der Waals surface area (Å²) in [5.41, 5.74) is 2.11. The highest BCUT2D eigenvalue weighted by molar-refractivity contribution is 6.46. The molecule has 0 radical (unpaired) electrons. The highest BCUT2D eigenvalue weighted by Crippen LogP contribution is 2.41. The molecule has 1 amide bonds. The van der Waals surface area contributed by atoms with Gasteiger partial charge in [-0.15, -0.1) is 0 Å². The molecule has 0 spiro atoms. The Hall–Kier alpha value is -3.93. The van der Waals surface area contributed by atoms with Crippen molar-refractivity contribution in [3.63, 3.8) is 0 Å². The third-order valence-corrected chi connectivity index (χ3v) is 5.88. The van der Waals surface area contributed by atoms with Gasteiger partial charge in [0.05, 0.1) is 18.2 Å². The van der Waals surface area contributed by atoms with Crippen molar-refractivity contribution in [2.24, 2.45) is 0 Å². The van der Waals surface area contributed by atoms with Crippen LogP contribution in [0.1, 0.15) is 48.9 Å². The number of amides is 1. The molecule has 1 saturated heterocycles. The molecule has 4 rings (SSSR count). The zero-order valence-electron chi connectivity index (χ0n) is 19.2. The number of nitrogens with zero attached hydrogens (tertiary/aromatic N) is 2. The average molecular weight is 457 g/mol. The van der Waals surface area contributed by atoms with Gasteiger partial charge < -0.3 is 14.7 Å². The van der Waals surface area contributed by atoms with Gasteiger partial charge in [0, 0.05) is 24.5 Å². The molecule has 1 N–H and O–H groups in total. The number of ketones is 1. The number of hydrogen-bond acceptors (Lipinski definition) is 5. The lowest BCUT2D eigenvalue weighted by molar-refractivity contribution is -0.140. The van der Waals surface area contributed by atoms with Gasteiger partial charge in [-0.3, -0.25) is 14.6 Å². The molecule has 2 heterocycles. The molecule has 2 aromatic carbocycles. The zero-order chi connectivity index (χ0) is 23.9. The van der Waals surface area contributed by atoms with E-state index >= 15 is 0 Å². The van der Waals surface area contributed by atoms with E-state index in [0.29, 0.717) is 23.5 Å². The van der Waals surface area contributed by atoms with Gasteiger partial charge in [-0.1, -0.05) is 62.2 Å². The van der Waals surface area contributed by atoms with E-state index in [0.717, 1.165) is 24.8 Å². The van der Waals surface area contributed by atoms with Gasteiger partial charge in [-0.25, -0.2) is 0 Å². The Morgan fingerprint density at radius 3 is 2.50 bits per heavy atom. The summed E-state index contributed by atoms with van der Waals surface area (Å²) in [4.78, 5) is 31.9. The number of carbonyl (C=O) groups excluding carboxylic acids is 2. The fourth-order valence-corrected chi connectivity index (χ4v) is 4.14. The van der Waals surface area contributed by atoms with Crippen LogP contribution in [-0.2, 0) is 16.1 Å². The highest BCUT2D eigenvalue weighted by atomic mass is 16.5. The lowest BCUT2D eigenvalue weighted by atomic mass is 9.95. The number of unbranched alkanes of at least 4 members (excludes halogenated alkanes) is 2. The molecule has 6 nitrogen and oxygen atoms in total. The summed E-state index contributed by atoms with van der Waals surface area (Å²) in [5.74, 6) is -0.860. The first-order valence-corrected chi connectivity index (χ1v) is 11.6. The molecular formula is C28H28N2O4. The summed E-state index contributed by atoms with van der Waals surface area (Å²) in [5, 5.41) is 11.1. The first kappa shape index (κ1) is 23.2. The van der Waals surface area contributed by atoms with E-state index in [4.69, 9.17) is 4.74 Å². The molecule has 1 unspecified atom stereocenters. The van der Waals surface area contributed by atoms with Crippen LogP contribution in [0, 0.1) is 0 Å². The first-order chi connectivity index (χ1) is 16.6. The van der Waals surface area contributed by atoms with Crippen molar-refractivity contribution >= 4 is 17.4 Å². The quantitative estimate of drug-likeness (QED) is 0.205. The summed E-state index contributed by atoms with van der Waals surface area (Å²) < 4.78 is 5.92. The Morgan fingerprint density at radius 2 is 1.76 bits per heavy atom. The van der Waals surface area contributed by atoms with Gasteiger partial charge in [-0.05, 0) is 41.8 Å². The molecule has 1 atom stereocenters. The van der Waals surface area contributed by atoms with Crippen LogP contribution in [0.15, 0.2) is 84.7 Å². The molecule has 1 aliphatic rings. The van der Waals surface area contributed by atoms with E-state index in [1.807, 2.05) is 30.3 Å². The van der Waals surface area contributed by atoms with Crippen molar-refractivity contribution in [2.75, 3.05) is 6.61 Å². The number of likely N-dealkylation sites (tertiary alicyclic amines) is 1. The summed E-state index contributed by atoms with van der Waals surface area (Å²) in [7, 11) is 0. The van der Waals surface area contributed by atoms with Crippen molar-refractivity contribution in [1.82, 2.24) is 9.88 Å². The van der Waals surface area contributed by atoms with E-state index in [1.54, 1.807) is 48.8 Å². The van der Waals surface area contributed by atoms with Crippen LogP contribution in [0.5, 0.6) is 5.75 Å². The normalized spacial score (nSPS) is 17.2. The first-order valence-electron chi connectivity index (χ1n) is 11.6. The van der Waals surface area contributed by atoms with Crippen molar-refractivity contribution in [3.8, 4) is 5.75 Å². The molecule has 6 heteroatoms. The van der Waals surface area contributed by atoms with Crippen molar-refractivity contribution in [1.29, 1.82) is 0 Å². The van der Waals surface area contributed by atoms with Crippen LogP contribution < -0.4 is 4.74 Å². The van der Waals surface area contributed by atoms with E-state index in [1.165, 1.54) is 4.90 Å². The Balaban J connectivity index is 1.76. The van der Waals surface area contributed by atoms with Gasteiger partial charge in [0.25, 0.3) is 11.7 Å². The van der Waals surface area contributed by atoms with Gasteiger partial charge >= 0.3 is 0 Å². The smallest absolute Gasteiger partial charge is 0.295 e. The second kappa shape index (κ2) is 10.8. The molecule has 174 valence electrons. The standard InChI is InChI=1S/C28H28N2O4/c1-2-3-7-17-34-23-12-8-11-22(18-23)25-24(26(31)21-9-5-4-6-10-21)27(32)28(33)30(25)19-20-13-15-29-16-14-20/h4-6,8-16,18,25,31H,2-3,7,17,19H2,1H3/b26-24+. The lowest BCUT2D eigenvalue weighted by Crippen LogP contribution is -2.29. The monoisotopic (exact) mass is 456 g/mol. The maximum Gasteiger partial charge on any atom is 0.295 e. The number of aliphatic hydroxyl groups is 1. The number of ether oxygens (including phenoxy) is 1. The number of hydrogen-bond donors (Lipinski definition) is 1. The van der Waals surface area contributed by atoms with Gasteiger partial charge in [0.15, 0.2) is 0 Å². The number of Topliss-reactive ketones (excluding diaryl/α,β-unsaturated/α-hetero) is 1. The van der Waals surface area contributed by atoms with Crippen LogP contribution in [0.3, 0.4) is 0 Å². The number of aromatic nitrogens is 1. The number of carbonyl (C=O) groups is 2. The maximum absolute atomic E-state index is 13.2. The lowest BCUT2D eigenvalue weighted by Gasteiger charge is -2.25. The summed E-state index contributed by atoms with van der Waals surface area (Å²) in [6.07, 6.45) is 6.44. The third-order valence-electron chi connectivity index (χ3n) is 5.88. The predicted molar refractivity (Wildman–Crippen MR) is 130 cm³/mol. The van der Waals surface area contributed by atoms with E-state index < -0.39 is 17.7 Å². The molecule has 1 aliphatic heterocycles. The highest BCUT2D eigenvalue weighted by Gasteiger charge is 2.46. The van der Waals surface area contributed by atoms with E-state index in [9.17, 15) is 14.7 Å². The van der Waals surface area contributed by atoms with Crippen LogP contribution >= 0.6 is 0 Å². The fourth-order valence-electron chi connectivity index (χ4n) is 4.14. The molecule has 3 aromatic rings. The Labute approximate surface area is 199 Å². The Morgan fingerprint density at radius 1 is 1.00 bits per heavy atom. The second-order valence-electron chi connectivity index (χ2n) is 8.28. The molecular weight excluding hydrogens is 428 g/mol. The number of pyridine rings is 1. The zero-order valence-corrected chi connectivity index (χ0v) is 19.2. The summed E-state index contributed by atoms with van der Waals surface area (Å²) in [6, 6.07) is 19.1. The van der Waals surface area contributed by atoms with Crippen LogP contribution in [0.2, 0.25) is 0 Å².